The summed E-state index contributed by atoms with van der Waals surface area (Å²) in [6.07, 6.45) is 1.68. The molecule has 0 aliphatic rings. The van der Waals surface area contributed by atoms with Gasteiger partial charge in [-0.3, -0.25) is 9.97 Å². The number of aromatic hydroxyl groups is 1. The van der Waals surface area contributed by atoms with E-state index in [1.807, 2.05) is 36.4 Å². The summed E-state index contributed by atoms with van der Waals surface area (Å²) in [6, 6.07) is 18.4. The molecule has 0 radical (unpaired) electrons. The molecule has 0 aliphatic carbocycles. The van der Waals surface area contributed by atoms with Gasteiger partial charge in [-0.05, 0) is 28.5 Å². The third-order valence-electron chi connectivity index (χ3n) is 6.19. The minimum Gasteiger partial charge on any atom is -0.507 e. The molecule has 2 heterocycles. The van der Waals surface area contributed by atoms with Crippen molar-refractivity contribution in [2.75, 3.05) is 0 Å². The minimum atomic E-state index is -0.349. The Balaban J connectivity index is 0.00000420. The quantitative estimate of drug-likeness (QED) is 0.219. The monoisotopic (exact) mass is 704 g/mol. The van der Waals surface area contributed by atoms with E-state index in [9.17, 15) is 5.11 Å². The van der Waals surface area contributed by atoms with Gasteiger partial charge in [-0.1, -0.05) is 80.5 Å². The number of hydrogen-bond donors (Lipinski definition) is 1. The molecule has 0 amide bonds. The van der Waals surface area contributed by atoms with Crippen LogP contribution in [0.1, 0.15) is 79.3 Å². The van der Waals surface area contributed by atoms with Crippen LogP contribution in [-0.4, -0.2) is 25.0 Å². The smallest absolute Gasteiger partial charge is 0.217 e. The van der Waals surface area contributed by atoms with Gasteiger partial charge >= 0.3 is 0 Å². The van der Waals surface area contributed by atoms with Crippen LogP contribution < -0.4 is 4.74 Å². The molecule has 7 heteroatoms. The van der Waals surface area contributed by atoms with Gasteiger partial charge in [-0.2, -0.15) is 0 Å². The molecule has 0 atom stereocenters. The second-order valence-electron chi connectivity index (χ2n) is 12.7. The molecular weight excluding hydrogens is 667 g/mol. The van der Waals surface area contributed by atoms with Crippen molar-refractivity contribution < 1.29 is 30.9 Å². The van der Waals surface area contributed by atoms with Gasteiger partial charge < -0.3 is 9.84 Å². The molecule has 0 aliphatic heterocycles. The van der Waals surface area contributed by atoms with Crippen LogP contribution in [0.5, 0.6) is 17.4 Å². The van der Waals surface area contributed by atoms with E-state index in [1.54, 1.807) is 12.3 Å². The Labute approximate surface area is 246 Å². The average Bonchev–Trinajstić information content (AvgIpc) is 2.83. The molecular formula is C32H37N4O2Pt-. The van der Waals surface area contributed by atoms with E-state index in [2.05, 4.69) is 79.4 Å². The normalized spacial score (nSPS) is 12.1. The third-order valence-corrected chi connectivity index (χ3v) is 6.19. The SMILES string of the molecule is CC(C)(C)c1cc(-c2nc(-c3[c-]c(Oc4ccccn4)ccc3)nc(C(C)(C)C)n2)c(O)c(C(C)(C)C)c1.[Pt]. The molecule has 6 nitrogen and oxygen atoms in total. The van der Waals surface area contributed by atoms with E-state index in [0.717, 1.165) is 11.1 Å². The predicted octanol–water partition coefficient (Wildman–Crippen LogP) is 7.79. The molecule has 1 N–H and O–H groups in total. The van der Waals surface area contributed by atoms with Crippen LogP contribution in [0.25, 0.3) is 22.8 Å². The molecule has 2 aromatic carbocycles. The maximum Gasteiger partial charge on any atom is 0.217 e. The van der Waals surface area contributed by atoms with Crippen LogP contribution in [0.3, 0.4) is 0 Å². The molecule has 4 rings (SSSR count). The first-order valence-electron chi connectivity index (χ1n) is 12.9. The van der Waals surface area contributed by atoms with Crippen LogP contribution in [0.15, 0.2) is 54.7 Å². The van der Waals surface area contributed by atoms with E-state index in [1.165, 1.54) is 0 Å². The van der Waals surface area contributed by atoms with Gasteiger partial charge in [0, 0.05) is 50.1 Å². The summed E-state index contributed by atoms with van der Waals surface area (Å²) in [4.78, 5) is 18.8. The second-order valence-corrected chi connectivity index (χ2v) is 12.7. The summed E-state index contributed by atoms with van der Waals surface area (Å²) in [7, 11) is 0. The molecule has 0 saturated carbocycles. The van der Waals surface area contributed by atoms with E-state index < -0.39 is 0 Å². The Hall–Kier alpha value is -3.11. The summed E-state index contributed by atoms with van der Waals surface area (Å²) in [6.45, 7) is 19.0. The maximum absolute atomic E-state index is 11.5. The zero-order chi connectivity index (χ0) is 27.9. The van der Waals surface area contributed by atoms with Gasteiger partial charge in [0.2, 0.25) is 5.88 Å². The predicted molar refractivity (Wildman–Crippen MR) is 152 cm³/mol. The van der Waals surface area contributed by atoms with E-state index in [0.29, 0.717) is 40.2 Å². The number of ether oxygens (including phenoxy) is 1. The van der Waals surface area contributed by atoms with Gasteiger partial charge in [0.05, 0.1) is 11.4 Å². The zero-order valence-electron chi connectivity index (χ0n) is 24.2. The standard InChI is InChI=1S/C32H37N4O2.Pt/c1-30(2,3)21-18-23(26(37)24(19-21)31(4,5)6)28-34-27(35-29(36-28)32(7,8)9)20-13-12-14-22(17-20)38-25-15-10-11-16-33-25;/h10-16,18-19,37H,1-9H3;/q-1;. The third kappa shape index (κ3) is 7.10. The van der Waals surface area contributed by atoms with E-state index >= 15 is 0 Å². The summed E-state index contributed by atoms with van der Waals surface area (Å²) in [5.74, 6) is 2.69. The largest absolute Gasteiger partial charge is 0.507 e. The van der Waals surface area contributed by atoms with Crippen molar-refractivity contribution in [3.8, 4) is 40.2 Å². The number of hydrogen-bond acceptors (Lipinski definition) is 6. The van der Waals surface area contributed by atoms with Crippen molar-refractivity contribution >= 4 is 0 Å². The fourth-order valence-electron chi connectivity index (χ4n) is 3.92. The molecule has 39 heavy (non-hydrogen) atoms. The number of pyridine rings is 1. The number of nitrogens with zero attached hydrogens (tertiary/aromatic N) is 4. The summed E-state index contributed by atoms with van der Waals surface area (Å²) in [5.41, 5.74) is 2.47. The number of aromatic nitrogens is 4. The first kappa shape index (κ1) is 30.4. The summed E-state index contributed by atoms with van der Waals surface area (Å²) in [5, 5.41) is 11.5. The number of phenolic OH excluding ortho intramolecular Hbond substituents is 1. The van der Waals surface area contributed by atoms with Crippen molar-refractivity contribution in [1.29, 1.82) is 0 Å². The Morgan fingerprint density at radius 1 is 0.744 bits per heavy atom. The molecule has 0 fully saturated rings. The number of phenols is 1. The van der Waals surface area contributed by atoms with Gasteiger partial charge in [-0.25, -0.2) is 9.97 Å². The van der Waals surface area contributed by atoms with Gasteiger partial charge in [0.15, 0.2) is 5.82 Å². The fourth-order valence-corrected chi connectivity index (χ4v) is 3.92. The minimum absolute atomic E-state index is 0. The average molecular weight is 705 g/mol. The summed E-state index contributed by atoms with van der Waals surface area (Å²) < 4.78 is 5.90. The van der Waals surface area contributed by atoms with E-state index in [-0.39, 0.29) is 43.1 Å². The van der Waals surface area contributed by atoms with Crippen molar-refractivity contribution in [3.63, 3.8) is 0 Å². The molecule has 2 aromatic heterocycles. The Kier molecular flexibility index (Phi) is 8.72. The van der Waals surface area contributed by atoms with Crippen LogP contribution in [0.4, 0.5) is 0 Å². The first-order valence-corrected chi connectivity index (χ1v) is 12.9. The van der Waals surface area contributed by atoms with Crippen molar-refractivity contribution in [3.05, 3.63) is 77.7 Å². The Morgan fingerprint density at radius 2 is 1.44 bits per heavy atom. The van der Waals surface area contributed by atoms with Crippen LogP contribution in [0, 0.1) is 6.07 Å². The van der Waals surface area contributed by atoms with Crippen LogP contribution >= 0.6 is 0 Å². The van der Waals surface area contributed by atoms with Crippen molar-refractivity contribution in [2.45, 2.75) is 78.6 Å². The maximum atomic E-state index is 11.5. The van der Waals surface area contributed by atoms with Crippen LogP contribution in [0.2, 0.25) is 0 Å². The van der Waals surface area contributed by atoms with Gasteiger partial charge in [0.1, 0.15) is 11.6 Å². The molecule has 208 valence electrons. The molecule has 0 spiro atoms. The van der Waals surface area contributed by atoms with Gasteiger partial charge in [-0.15, -0.1) is 23.8 Å². The molecule has 0 saturated heterocycles. The first-order chi connectivity index (χ1) is 17.6. The number of benzene rings is 2. The molecule has 0 bridgehead atoms. The Bertz CT molecular complexity index is 1450. The fraction of sp³-hybridized carbons (Fsp3) is 0.375. The van der Waals surface area contributed by atoms with Crippen LogP contribution in [-0.2, 0) is 37.3 Å². The van der Waals surface area contributed by atoms with Gasteiger partial charge in [0.25, 0.3) is 0 Å². The second kappa shape index (κ2) is 11.2. The topological polar surface area (TPSA) is 81.0 Å². The van der Waals surface area contributed by atoms with Crippen molar-refractivity contribution in [1.82, 2.24) is 19.9 Å². The molecule has 0 unspecified atom stereocenters. The Morgan fingerprint density at radius 3 is 2.03 bits per heavy atom. The summed E-state index contributed by atoms with van der Waals surface area (Å²) >= 11 is 0. The molecule has 4 aromatic rings. The van der Waals surface area contributed by atoms with Crippen molar-refractivity contribution in [2.24, 2.45) is 0 Å². The van der Waals surface area contributed by atoms with E-state index in [4.69, 9.17) is 19.7 Å². The number of rotatable bonds is 4. The zero-order valence-corrected chi connectivity index (χ0v) is 26.4.